The number of carbonyl (C=O) groups is 3. The quantitative estimate of drug-likeness (QED) is 0.709. The Hall–Kier alpha value is -2.13. The van der Waals surface area contributed by atoms with Crippen molar-refractivity contribution < 1.29 is 62.1 Å². The fraction of sp³-hybridized carbons (Fsp3) is 0.0625. The first-order chi connectivity index (χ1) is 11.4. The summed E-state index contributed by atoms with van der Waals surface area (Å²) in [6.07, 6.45) is 0. The van der Waals surface area contributed by atoms with Crippen LogP contribution in [0.15, 0.2) is 48.5 Å². The molecule has 2 aromatic rings. The van der Waals surface area contributed by atoms with Crippen LogP contribution < -0.4 is 0 Å². The largest absolute Gasteiger partial charge is 0.664 e. The van der Waals surface area contributed by atoms with Crippen molar-refractivity contribution in [1.29, 1.82) is 0 Å². The van der Waals surface area contributed by atoms with Crippen LogP contribution in [0.4, 0.5) is 0 Å². The fourth-order valence-corrected chi connectivity index (χ4v) is 1.80. The van der Waals surface area contributed by atoms with E-state index in [0.29, 0.717) is 5.56 Å². The van der Waals surface area contributed by atoms with E-state index >= 15 is 0 Å². The number of aromatic carboxylic acids is 2. The summed E-state index contributed by atoms with van der Waals surface area (Å²) in [5.74, 6) is 3.32. The van der Waals surface area contributed by atoms with Gasteiger partial charge in [0.1, 0.15) is 0 Å². The van der Waals surface area contributed by atoms with Gasteiger partial charge in [-0.05, 0) is 17.7 Å². The van der Waals surface area contributed by atoms with Gasteiger partial charge in [-0.3, -0.25) is 0 Å². The maximum atomic E-state index is 10.6. The molecule has 0 aromatic heterocycles. The minimum absolute atomic E-state index is 0. The third-order valence-corrected chi connectivity index (χ3v) is 2.88. The Morgan fingerprint density at radius 3 is 1.68 bits per heavy atom. The molecule has 1 amide bonds. The molecule has 25 heavy (non-hydrogen) atoms. The number of carboxylic acid groups (broad SMARTS) is 2. The number of hydrogen-bond donors (Lipinski definition) is 2. The second-order valence-corrected chi connectivity index (χ2v) is 4.43. The number of carboxylic acids is 2. The van der Waals surface area contributed by atoms with E-state index in [1.165, 1.54) is 30.3 Å². The normalized spacial score (nSPS) is 9.16. The molecular formula is C16H14N2O6Y-2. The van der Waals surface area contributed by atoms with E-state index in [2.05, 4.69) is 4.84 Å². The van der Waals surface area contributed by atoms with Crippen molar-refractivity contribution in [3.63, 3.8) is 0 Å². The van der Waals surface area contributed by atoms with Gasteiger partial charge in [-0.2, -0.15) is 0 Å². The van der Waals surface area contributed by atoms with Gasteiger partial charge in [-0.25, -0.2) is 9.59 Å². The molecular weight excluding hydrogens is 405 g/mol. The molecule has 0 spiro atoms. The van der Waals surface area contributed by atoms with Crippen LogP contribution in [0.25, 0.3) is 11.6 Å². The van der Waals surface area contributed by atoms with Gasteiger partial charge in [0, 0.05) is 38.3 Å². The Kier molecular flexibility index (Phi) is 10.5. The van der Waals surface area contributed by atoms with Crippen LogP contribution in [0.5, 0.6) is 0 Å². The number of hydrogen-bond acceptors (Lipinski definition) is 4. The zero-order chi connectivity index (χ0) is 18.1. The Bertz CT molecular complexity index is 718. The number of carbonyl (C=O) groups excluding carboxylic acids is 1. The van der Waals surface area contributed by atoms with Gasteiger partial charge < -0.3 is 31.5 Å². The first-order valence-corrected chi connectivity index (χ1v) is 6.56. The van der Waals surface area contributed by atoms with Gasteiger partial charge in [0.2, 0.25) is 0 Å². The van der Waals surface area contributed by atoms with E-state index in [1.54, 1.807) is 18.2 Å². The summed E-state index contributed by atoms with van der Waals surface area (Å²) >= 11 is 0. The third-order valence-electron chi connectivity index (χ3n) is 2.88. The molecule has 0 heterocycles. The van der Waals surface area contributed by atoms with E-state index in [1.807, 2.05) is 0 Å². The van der Waals surface area contributed by atoms with Crippen molar-refractivity contribution in [3.8, 4) is 0 Å². The molecule has 0 aliphatic carbocycles. The molecule has 0 bridgehead atoms. The van der Waals surface area contributed by atoms with Gasteiger partial charge in [0.25, 0.3) is 0 Å². The molecule has 2 aromatic carbocycles. The second kappa shape index (κ2) is 11.4. The SMILES string of the molecule is [NH-]C(=O)c1ccccc1C(=O)O.[NH-]OCc1ccccc1C(=O)O.[Y]. The molecule has 8 nitrogen and oxygen atoms in total. The van der Waals surface area contributed by atoms with Crippen LogP contribution in [-0.2, 0) is 44.2 Å². The zero-order valence-corrected chi connectivity index (χ0v) is 15.8. The minimum Gasteiger partial charge on any atom is -0.664 e. The predicted molar refractivity (Wildman–Crippen MR) is 84.6 cm³/mol. The van der Waals surface area contributed by atoms with Crippen LogP contribution in [-0.4, -0.2) is 28.1 Å². The smallest absolute Gasteiger partial charge is 0.336 e. The number of rotatable bonds is 5. The molecule has 2 rings (SSSR count). The first kappa shape index (κ1) is 22.9. The number of benzene rings is 2. The molecule has 1 radical (unpaired) electrons. The molecule has 0 fully saturated rings. The van der Waals surface area contributed by atoms with Crippen molar-refractivity contribution in [1.82, 2.24) is 0 Å². The summed E-state index contributed by atoms with van der Waals surface area (Å²) in [5, 5.41) is 17.3. The van der Waals surface area contributed by atoms with E-state index < -0.39 is 17.8 Å². The second-order valence-electron chi connectivity index (χ2n) is 4.43. The Morgan fingerprint density at radius 2 is 1.28 bits per heavy atom. The average Bonchev–Trinajstić information content (AvgIpc) is 2.56. The zero-order valence-electron chi connectivity index (χ0n) is 12.9. The summed E-state index contributed by atoms with van der Waals surface area (Å²) in [5.41, 5.74) is 7.24. The van der Waals surface area contributed by atoms with Crippen LogP contribution in [0.3, 0.4) is 0 Å². The van der Waals surface area contributed by atoms with Gasteiger partial charge >= 0.3 is 11.9 Å². The topological polar surface area (TPSA) is 148 Å². The number of nitrogens with one attached hydrogen (secondary N) is 2. The van der Waals surface area contributed by atoms with Crippen LogP contribution in [0.2, 0.25) is 0 Å². The van der Waals surface area contributed by atoms with Crippen LogP contribution in [0.1, 0.15) is 36.6 Å². The predicted octanol–water partition coefficient (Wildman–Crippen LogP) is 3.44. The maximum Gasteiger partial charge on any atom is 0.336 e. The molecule has 0 aliphatic rings. The van der Waals surface area contributed by atoms with Crippen LogP contribution >= 0.6 is 0 Å². The molecule has 0 aliphatic heterocycles. The van der Waals surface area contributed by atoms with Crippen LogP contribution in [0, 0.1) is 0 Å². The van der Waals surface area contributed by atoms with Gasteiger partial charge in [-0.1, -0.05) is 36.4 Å². The van der Waals surface area contributed by atoms with Gasteiger partial charge in [-0.15, -0.1) is 0 Å². The van der Waals surface area contributed by atoms with E-state index in [9.17, 15) is 14.4 Å². The molecule has 0 atom stereocenters. The first-order valence-electron chi connectivity index (χ1n) is 6.56. The molecule has 4 N–H and O–H groups in total. The van der Waals surface area contributed by atoms with Gasteiger partial charge in [0.15, 0.2) is 0 Å². The van der Waals surface area contributed by atoms with E-state index in [0.717, 1.165) is 0 Å². The standard InChI is InChI=1S/C8H8NO3.C8H7NO3.Y/c9-12-5-6-3-1-2-4-7(6)8(10)11;9-7(10)5-3-1-2-4-6(5)8(11)12;/h1-4,9H,5H2,(H,10,11);1-4H,(H3,9,10,11,12);/q-1;;/p-1. The third kappa shape index (κ3) is 7.10. The Balaban J connectivity index is 0.000000443. The van der Waals surface area contributed by atoms with E-state index in [-0.39, 0.29) is 56.0 Å². The van der Waals surface area contributed by atoms with E-state index in [4.69, 9.17) is 21.8 Å². The molecule has 129 valence electrons. The Morgan fingerprint density at radius 1 is 0.840 bits per heavy atom. The van der Waals surface area contributed by atoms with Crippen molar-refractivity contribution >= 4 is 17.8 Å². The molecule has 0 unspecified atom stereocenters. The number of amides is 1. The average molecular weight is 419 g/mol. The summed E-state index contributed by atoms with van der Waals surface area (Å²) in [4.78, 5) is 35.7. The minimum atomic E-state index is -1.19. The van der Waals surface area contributed by atoms with Gasteiger partial charge in [0.05, 0.1) is 23.6 Å². The molecule has 0 saturated heterocycles. The summed E-state index contributed by atoms with van der Waals surface area (Å²) in [6, 6.07) is 12.1. The summed E-state index contributed by atoms with van der Waals surface area (Å²) in [7, 11) is 0. The van der Waals surface area contributed by atoms with Crippen molar-refractivity contribution in [2.24, 2.45) is 0 Å². The fourth-order valence-electron chi connectivity index (χ4n) is 1.80. The monoisotopic (exact) mass is 419 g/mol. The maximum absolute atomic E-state index is 10.6. The molecule has 9 heteroatoms. The summed E-state index contributed by atoms with van der Waals surface area (Å²) in [6.45, 7) is 0.00245. The Labute approximate surface area is 168 Å². The summed E-state index contributed by atoms with van der Waals surface area (Å²) < 4.78 is 0. The van der Waals surface area contributed by atoms with Crippen molar-refractivity contribution in [2.45, 2.75) is 6.61 Å². The van der Waals surface area contributed by atoms with Crippen molar-refractivity contribution in [3.05, 3.63) is 82.4 Å². The van der Waals surface area contributed by atoms with Crippen molar-refractivity contribution in [2.75, 3.05) is 0 Å². The molecule has 0 saturated carbocycles.